The Bertz CT molecular complexity index is 606. The van der Waals surface area contributed by atoms with E-state index in [-0.39, 0.29) is 24.4 Å². The van der Waals surface area contributed by atoms with Crippen LogP contribution < -0.4 is 5.32 Å². The summed E-state index contributed by atoms with van der Waals surface area (Å²) >= 11 is 3.51. The molecule has 2 aliphatic heterocycles. The molecule has 0 radical (unpaired) electrons. The summed E-state index contributed by atoms with van der Waals surface area (Å²) < 4.78 is 6.97. The molecule has 1 aliphatic carbocycles. The third-order valence-corrected chi connectivity index (χ3v) is 6.18. The quantitative estimate of drug-likeness (QED) is 0.807. The van der Waals surface area contributed by atoms with Crippen molar-refractivity contribution in [1.29, 1.82) is 0 Å². The van der Waals surface area contributed by atoms with E-state index < -0.39 is 0 Å². The van der Waals surface area contributed by atoms with Crippen LogP contribution in [0.1, 0.15) is 30.9 Å². The fourth-order valence-electron chi connectivity index (χ4n) is 4.15. The maximum atomic E-state index is 12.9. The van der Waals surface area contributed by atoms with E-state index in [9.17, 15) is 4.79 Å². The van der Waals surface area contributed by atoms with E-state index in [0.717, 1.165) is 48.9 Å². The van der Waals surface area contributed by atoms with Crippen LogP contribution in [0, 0.1) is 11.3 Å². The van der Waals surface area contributed by atoms with Crippen LogP contribution in [-0.4, -0.2) is 43.6 Å². The van der Waals surface area contributed by atoms with Gasteiger partial charge in [-0.05, 0) is 55.5 Å². The Labute approximate surface area is 157 Å². The van der Waals surface area contributed by atoms with Crippen molar-refractivity contribution in [1.82, 2.24) is 10.2 Å². The van der Waals surface area contributed by atoms with Gasteiger partial charge in [-0.2, -0.15) is 0 Å². The number of piperidine rings is 1. The summed E-state index contributed by atoms with van der Waals surface area (Å²) in [5.74, 6) is 0.612. The van der Waals surface area contributed by atoms with Gasteiger partial charge in [0, 0.05) is 16.9 Å². The van der Waals surface area contributed by atoms with E-state index in [0.29, 0.717) is 24.5 Å². The lowest BCUT2D eigenvalue weighted by Gasteiger charge is -2.34. The monoisotopic (exact) mass is 414 g/mol. The van der Waals surface area contributed by atoms with Crippen LogP contribution >= 0.6 is 28.3 Å². The molecular weight excluding hydrogens is 392 g/mol. The Morgan fingerprint density at radius 1 is 1.33 bits per heavy atom. The van der Waals surface area contributed by atoms with Crippen LogP contribution in [0.25, 0.3) is 0 Å². The summed E-state index contributed by atoms with van der Waals surface area (Å²) in [6.45, 7) is 4.17. The number of halogens is 2. The molecule has 0 aromatic heterocycles. The Morgan fingerprint density at radius 2 is 2.12 bits per heavy atom. The molecule has 3 fully saturated rings. The van der Waals surface area contributed by atoms with Gasteiger partial charge in [-0.3, -0.25) is 4.79 Å². The number of ether oxygens (including phenoxy) is 1. The number of carbonyl (C=O) groups is 1. The average molecular weight is 416 g/mol. The summed E-state index contributed by atoms with van der Waals surface area (Å²) in [7, 11) is 0. The molecule has 6 heteroatoms. The lowest BCUT2D eigenvalue weighted by Crippen LogP contribution is -2.44. The molecular formula is C18H24BrClN2O2. The number of rotatable bonds is 2. The van der Waals surface area contributed by atoms with Gasteiger partial charge in [0.1, 0.15) is 6.10 Å². The van der Waals surface area contributed by atoms with Gasteiger partial charge >= 0.3 is 0 Å². The number of amides is 1. The minimum atomic E-state index is -0.00655. The molecule has 0 bridgehead atoms. The first-order chi connectivity index (χ1) is 11.2. The average Bonchev–Trinajstić information content (AvgIpc) is 3.28. The van der Waals surface area contributed by atoms with E-state index in [2.05, 4.69) is 33.4 Å². The molecule has 2 unspecified atom stereocenters. The molecule has 2 saturated heterocycles. The highest BCUT2D eigenvalue weighted by Gasteiger charge is 2.58. The Hall–Kier alpha value is -0.620. The first kappa shape index (κ1) is 18.2. The highest BCUT2D eigenvalue weighted by molar-refractivity contribution is 9.10. The molecule has 1 aromatic rings. The van der Waals surface area contributed by atoms with Gasteiger partial charge in [0.15, 0.2) is 0 Å². The van der Waals surface area contributed by atoms with Gasteiger partial charge in [0.05, 0.1) is 13.2 Å². The Morgan fingerprint density at radius 3 is 2.88 bits per heavy atom. The zero-order chi connectivity index (χ0) is 15.9. The minimum Gasteiger partial charge on any atom is -0.370 e. The fraction of sp³-hybridized carbons (Fsp3) is 0.611. The van der Waals surface area contributed by atoms with Gasteiger partial charge in [0.2, 0.25) is 5.91 Å². The van der Waals surface area contributed by atoms with Gasteiger partial charge in [-0.15, -0.1) is 12.4 Å². The first-order valence-electron chi connectivity index (χ1n) is 8.55. The normalized spacial score (nSPS) is 28.3. The fourth-order valence-corrected chi connectivity index (χ4v) is 4.57. The number of nitrogens with zero attached hydrogens (tertiary/aromatic N) is 1. The lowest BCUT2D eigenvalue weighted by atomic mass is 9.91. The number of morpholine rings is 1. The Balaban J connectivity index is 0.00000169. The molecule has 2 heterocycles. The third-order valence-electron chi connectivity index (χ3n) is 5.69. The molecule has 3 aliphatic rings. The molecule has 1 amide bonds. The zero-order valence-electron chi connectivity index (χ0n) is 13.7. The van der Waals surface area contributed by atoms with E-state index >= 15 is 0 Å². The van der Waals surface area contributed by atoms with Crippen molar-refractivity contribution in [2.45, 2.75) is 25.4 Å². The van der Waals surface area contributed by atoms with Crippen molar-refractivity contribution in [2.75, 3.05) is 32.8 Å². The van der Waals surface area contributed by atoms with E-state index in [4.69, 9.17) is 4.74 Å². The number of nitrogens with one attached hydrogen (secondary N) is 1. The summed E-state index contributed by atoms with van der Waals surface area (Å²) in [5.41, 5.74) is 1.45. The SMILES string of the molecule is Cl.O=C(C1CC12CCNCC2)N1CCOC(c2cccc(Br)c2)C1. The van der Waals surface area contributed by atoms with Crippen LogP contribution in [0.3, 0.4) is 0 Å². The topological polar surface area (TPSA) is 41.6 Å². The molecule has 24 heavy (non-hydrogen) atoms. The van der Waals surface area contributed by atoms with Gasteiger partial charge in [-0.1, -0.05) is 28.1 Å². The number of carbonyl (C=O) groups excluding carboxylic acids is 1. The predicted octanol–water partition coefficient (Wildman–Crippen LogP) is 3.16. The van der Waals surface area contributed by atoms with Crippen molar-refractivity contribution in [3.05, 3.63) is 34.3 Å². The van der Waals surface area contributed by atoms with Gasteiger partial charge in [-0.25, -0.2) is 0 Å². The van der Waals surface area contributed by atoms with Crippen LogP contribution in [0.2, 0.25) is 0 Å². The first-order valence-corrected chi connectivity index (χ1v) is 9.34. The predicted molar refractivity (Wildman–Crippen MR) is 99.3 cm³/mol. The maximum Gasteiger partial charge on any atom is 0.226 e. The molecule has 4 nitrogen and oxygen atoms in total. The highest BCUT2D eigenvalue weighted by atomic mass is 79.9. The summed E-state index contributed by atoms with van der Waals surface area (Å²) in [6, 6.07) is 8.20. The zero-order valence-corrected chi connectivity index (χ0v) is 16.1. The molecule has 1 aromatic carbocycles. The standard InChI is InChI=1S/C18H23BrN2O2.ClH/c19-14-3-1-2-13(10-14)16-12-21(8-9-23-16)17(22)15-11-18(15)4-6-20-7-5-18;/h1-3,10,15-16,20H,4-9,11-12H2;1H. The van der Waals surface area contributed by atoms with Crippen molar-refractivity contribution >= 4 is 34.2 Å². The summed E-state index contributed by atoms with van der Waals surface area (Å²) in [6.07, 6.45) is 3.39. The molecule has 4 rings (SSSR count). The summed E-state index contributed by atoms with van der Waals surface area (Å²) in [4.78, 5) is 15.0. The number of hydrogen-bond acceptors (Lipinski definition) is 3. The van der Waals surface area contributed by atoms with E-state index in [1.165, 1.54) is 0 Å². The lowest BCUT2D eigenvalue weighted by molar-refractivity contribution is -0.141. The van der Waals surface area contributed by atoms with Crippen LogP contribution in [0.15, 0.2) is 28.7 Å². The third kappa shape index (κ3) is 3.50. The molecule has 1 N–H and O–H groups in total. The van der Waals surface area contributed by atoms with Gasteiger partial charge < -0.3 is 15.0 Å². The van der Waals surface area contributed by atoms with E-state index in [1.54, 1.807) is 0 Å². The smallest absolute Gasteiger partial charge is 0.226 e. The molecule has 132 valence electrons. The molecule has 1 saturated carbocycles. The number of hydrogen-bond donors (Lipinski definition) is 1. The van der Waals surface area contributed by atoms with Crippen molar-refractivity contribution in [3.63, 3.8) is 0 Å². The van der Waals surface area contributed by atoms with Crippen molar-refractivity contribution in [2.24, 2.45) is 11.3 Å². The van der Waals surface area contributed by atoms with Crippen molar-refractivity contribution < 1.29 is 9.53 Å². The maximum absolute atomic E-state index is 12.9. The largest absolute Gasteiger partial charge is 0.370 e. The van der Waals surface area contributed by atoms with E-state index in [1.807, 2.05) is 17.0 Å². The van der Waals surface area contributed by atoms with Crippen LogP contribution in [0.4, 0.5) is 0 Å². The minimum absolute atomic E-state index is 0. The second kappa shape index (κ2) is 7.32. The number of benzene rings is 1. The highest BCUT2D eigenvalue weighted by Crippen LogP contribution is 2.59. The molecule has 2 atom stereocenters. The van der Waals surface area contributed by atoms with Gasteiger partial charge in [0.25, 0.3) is 0 Å². The summed E-state index contributed by atoms with van der Waals surface area (Å²) in [5, 5.41) is 3.40. The second-order valence-electron chi connectivity index (χ2n) is 7.07. The second-order valence-corrected chi connectivity index (χ2v) is 7.98. The molecule has 1 spiro atoms. The van der Waals surface area contributed by atoms with Crippen molar-refractivity contribution in [3.8, 4) is 0 Å². The van der Waals surface area contributed by atoms with Crippen LogP contribution in [0.5, 0.6) is 0 Å². The Kier molecular flexibility index (Phi) is 5.55. The van der Waals surface area contributed by atoms with Crippen LogP contribution in [-0.2, 0) is 9.53 Å².